The number of benzene rings is 1. The van der Waals surface area contributed by atoms with Crippen LogP contribution in [0.4, 0.5) is 0 Å². The average Bonchev–Trinajstić information content (AvgIpc) is 2.93. The zero-order chi connectivity index (χ0) is 13.6. The van der Waals surface area contributed by atoms with Crippen LogP contribution < -0.4 is 10.5 Å². The number of rotatable bonds is 2. The second kappa shape index (κ2) is 4.14. The molecule has 0 fully saturated rings. The third kappa shape index (κ3) is 1.94. The highest BCUT2D eigenvalue weighted by Crippen LogP contribution is 2.40. The number of ether oxygens (including phenoxy) is 1. The van der Waals surface area contributed by atoms with Gasteiger partial charge in [0.05, 0.1) is 18.9 Å². The molecule has 3 heteroatoms. The van der Waals surface area contributed by atoms with Crippen LogP contribution >= 0.6 is 0 Å². The number of aryl methyl sites for hydroxylation is 1. The summed E-state index contributed by atoms with van der Waals surface area (Å²) in [5.41, 5.74) is 9.73. The van der Waals surface area contributed by atoms with Gasteiger partial charge >= 0.3 is 0 Å². The quantitative estimate of drug-likeness (QED) is 0.898. The second-order valence-electron chi connectivity index (χ2n) is 5.87. The Morgan fingerprint density at radius 1 is 1.26 bits per heavy atom. The monoisotopic (exact) mass is 257 g/mol. The fourth-order valence-electron chi connectivity index (χ4n) is 2.59. The molecule has 0 saturated heterocycles. The summed E-state index contributed by atoms with van der Waals surface area (Å²) in [5.74, 6) is 1.80. The van der Waals surface area contributed by atoms with E-state index >= 15 is 0 Å². The van der Waals surface area contributed by atoms with E-state index < -0.39 is 0 Å². The largest absolute Gasteiger partial charge is 0.492 e. The van der Waals surface area contributed by atoms with Crippen LogP contribution in [-0.2, 0) is 5.41 Å². The van der Waals surface area contributed by atoms with Crippen molar-refractivity contribution in [1.29, 1.82) is 0 Å². The number of furan rings is 1. The lowest BCUT2D eigenvalue weighted by molar-refractivity contribution is 0.291. The Hall–Kier alpha value is -1.74. The van der Waals surface area contributed by atoms with Crippen molar-refractivity contribution in [2.75, 3.05) is 6.61 Å². The van der Waals surface area contributed by atoms with E-state index in [9.17, 15) is 0 Å². The maximum absolute atomic E-state index is 6.31. The molecular weight excluding hydrogens is 238 g/mol. The third-order valence-electron chi connectivity index (χ3n) is 3.86. The van der Waals surface area contributed by atoms with Crippen molar-refractivity contribution < 1.29 is 9.15 Å². The maximum Gasteiger partial charge on any atom is 0.127 e. The van der Waals surface area contributed by atoms with Crippen LogP contribution in [0.1, 0.15) is 42.3 Å². The fourth-order valence-corrected chi connectivity index (χ4v) is 2.59. The summed E-state index contributed by atoms with van der Waals surface area (Å²) < 4.78 is 11.2. The van der Waals surface area contributed by atoms with Crippen LogP contribution in [0, 0.1) is 6.92 Å². The number of hydrogen-bond donors (Lipinski definition) is 1. The summed E-state index contributed by atoms with van der Waals surface area (Å²) >= 11 is 0. The molecule has 19 heavy (non-hydrogen) atoms. The van der Waals surface area contributed by atoms with Crippen molar-refractivity contribution in [3.05, 3.63) is 53.0 Å². The van der Waals surface area contributed by atoms with Gasteiger partial charge in [0.25, 0.3) is 0 Å². The van der Waals surface area contributed by atoms with Crippen LogP contribution in [-0.4, -0.2) is 6.61 Å². The van der Waals surface area contributed by atoms with Gasteiger partial charge in [-0.3, -0.25) is 0 Å². The molecule has 100 valence electrons. The topological polar surface area (TPSA) is 48.4 Å². The molecule has 0 radical (unpaired) electrons. The SMILES string of the molecule is Cc1ccoc1C(N)c1ccc2c(c1)C(C)(C)CO2. The first-order chi connectivity index (χ1) is 8.99. The van der Waals surface area contributed by atoms with Crippen molar-refractivity contribution in [3.63, 3.8) is 0 Å². The third-order valence-corrected chi connectivity index (χ3v) is 3.86. The summed E-state index contributed by atoms with van der Waals surface area (Å²) in [5, 5.41) is 0. The highest BCUT2D eigenvalue weighted by atomic mass is 16.5. The standard InChI is InChI=1S/C16H19NO2/c1-10-6-7-18-15(10)14(17)11-4-5-13-12(8-11)16(2,3)9-19-13/h4-8,14H,9,17H2,1-3H3. The first-order valence-electron chi connectivity index (χ1n) is 6.56. The zero-order valence-corrected chi connectivity index (χ0v) is 11.6. The number of fused-ring (bicyclic) bond motifs is 1. The first kappa shape index (κ1) is 12.3. The minimum absolute atomic E-state index is 0.0449. The van der Waals surface area contributed by atoms with Crippen LogP contribution in [0.5, 0.6) is 5.75 Å². The summed E-state index contributed by atoms with van der Waals surface area (Å²) in [6.45, 7) is 7.11. The Bertz CT molecular complexity index is 613. The van der Waals surface area contributed by atoms with E-state index in [2.05, 4.69) is 19.9 Å². The molecule has 3 rings (SSSR count). The Kier molecular flexibility index (Phi) is 2.68. The lowest BCUT2D eigenvalue weighted by atomic mass is 9.85. The first-order valence-corrected chi connectivity index (χ1v) is 6.56. The molecule has 2 aromatic rings. The van der Waals surface area contributed by atoms with Crippen molar-refractivity contribution in [2.24, 2.45) is 5.73 Å². The van der Waals surface area contributed by atoms with E-state index in [1.807, 2.05) is 25.1 Å². The number of hydrogen-bond acceptors (Lipinski definition) is 3. The molecule has 0 spiro atoms. The van der Waals surface area contributed by atoms with Crippen molar-refractivity contribution in [2.45, 2.75) is 32.2 Å². The molecule has 0 aliphatic carbocycles. The Morgan fingerprint density at radius 2 is 2.05 bits per heavy atom. The van der Waals surface area contributed by atoms with Gasteiger partial charge < -0.3 is 14.9 Å². The summed E-state index contributed by atoms with van der Waals surface area (Å²) in [6.07, 6.45) is 1.69. The normalized spacial score (nSPS) is 17.9. The second-order valence-corrected chi connectivity index (χ2v) is 5.87. The summed E-state index contributed by atoms with van der Waals surface area (Å²) in [6, 6.07) is 7.89. The predicted octanol–water partition coefficient (Wildman–Crippen LogP) is 3.31. The van der Waals surface area contributed by atoms with Crippen molar-refractivity contribution in [1.82, 2.24) is 0 Å². The van der Waals surface area contributed by atoms with E-state index in [0.29, 0.717) is 0 Å². The average molecular weight is 257 g/mol. The van der Waals surface area contributed by atoms with Crippen molar-refractivity contribution >= 4 is 0 Å². The fraction of sp³-hybridized carbons (Fsp3) is 0.375. The van der Waals surface area contributed by atoms with Gasteiger partial charge in [-0.05, 0) is 36.2 Å². The van der Waals surface area contributed by atoms with Gasteiger partial charge in [0.1, 0.15) is 11.5 Å². The molecule has 0 saturated carbocycles. The molecule has 1 aromatic heterocycles. The molecule has 2 heterocycles. The molecular formula is C16H19NO2. The molecule has 1 unspecified atom stereocenters. The molecule has 1 aliphatic rings. The van der Waals surface area contributed by atoms with Gasteiger partial charge in [-0.15, -0.1) is 0 Å². The molecule has 2 N–H and O–H groups in total. The van der Waals surface area contributed by atoms with E-state index in [1.165, 1.54) is 5.56 Å². The van der Waals surface area contributed by atoms with E-state index in [1.54, 1.807) is 6.26 Å². The Labute approximate surface area is 113 Å². The Morgan fingerprint density at radius 3 is 2.74 bits per heavy atom. The highest BCUT2D eigenvalue weighted by molar-refractivity contribution is 5.47. The van der Waals surface area contributed by atoms with E-state index in [4.69, 9.17) is 14.9 Å². The lowest BCUT2D eigenvalue weighted by Crippen LogP contribution is -2.19. The van der Waals surface area contributed by atoms with Gasteiger partial charge in [0, 0.05) is 11.0 Å². The highest BCUT2D eigenvalue weighted by Gasteiger charge is 2.32. The van der Waals surface area contributed by atoms with Gasteiger partial charge in [-0.1, -0.05) is 19.9 Å². The molecule has 0 bridgehead atoms. The molecule has 1 aliphatic heterocycles. The maximum atomic E-state index is 6.31. The minimum Gasteiger partial charge on any atom is -0.492 e. The molecule has 3 nitrogen and oxygen atoms in total. The summed E-state index contributed by atoms with van der Waals surface area (Å²) in [4.78, 5) is 0. The van der Waals surface area contributed by atoms with Crippen LogP contribution in [0.25, 0.3) is 0 Å². The minimum atomic E-state index is -0.225. The van der Waals surface area contributed by atoms with Crippen LogP contribution in [0.15, 0.2) is 34.9 Å². The molecule has 1 atom stereocenters. The van der Waals surface area contributed by atoms with Crippen molar-refractivity contribution in [3.8, 4) is 5.75 Å². The lowest BCUT2D eigenvalue weighted by Gasteiger charge is -2.17. The van der Waals surface area contributed by atoms with Gasteiger partial charge in [-0.2, -0.15) is 0 Å². The summed E-state index contributed by atoms with van der Waals surface area (Å²) in [7, 11) is 0. The van der Waals surface area contributed by atoms with Crippen LogP contribution in [0.2, 0.25) is 0 Å². The van der Waals surface area contributed by atoms with Gasteiger partial charge in [-0.25, -0.2) is 0 Å². The van der Waals surface area contributed by atoms with E-state index in [-0.39, 0.29) is 11.5 Å². The Balaban J connectivity index is 2.02. The predicted molar refractivity (Wildman–Crippen MR) is 74.4 cm³/mol. The zero-order valence-electron chi connectivity index (χ0n) is 11.6. The van der Waals surface area contributed by atoms with Crippen LogP contribution in [0.3, 0.4) is 0 Å². The molecule has 1 aromatic carbocycles. The molecule has 0 amide bonds. The van der Waals surface area contributed by atoms with E-state index in [0.717, 1.165) is 29.2 Å². The smallest absolute Gasteiger partial charge is 0.127 e. The number of nitrogens with two attached hydrogens (primary N) is 1. The van der Waals surface area contributed by atoms with Gasteiger partial charge in [0.2, 0.25) is 0 Å². The van der Waals surface area contributed by atoms with Gasteiger partial charge in [0.15, 0.2) is 0 Å².